The number of hydrogen-bond donors (Lipinski definition) is 1. The summed E-state index contributed by atoms with van der Waals surface area (Å²) in [6.45, 7) is 16.8. The zero-order chi connectivity index (χ0) is 17.4. The molecule has 0 aliphatic carbocycles. The van der Waals surface area contributed by atoms with Crippen LogP contribution in [-0.2, 0) is 9.16 Å². The van der Waals surface area contributed by atoms with Crippen LogP contribution in [0.4, 0.5) is 4.79 Å². The van der Waals surface area contributed by atoms with Crippen molar-refractivity contribution in [2.24, 2.45) is 5.41 Å². The predicted molar refractivity (Wildman–Crippen MR) is 88.0 cm³/mol. The first-order chi connectivity index (χ1) is 9.71. The van der Waals surface area contributed by atoms with Gasteiger partial charge in [-0.2, -0.15) is 0 Å². The molecule has 0 unspecified atom stereocenters. The third kappa shape index (κ3) is 4.70. The second-order valence-electron chi connectivity index (χ2n) is 8.74. The Balaban J connectivity index is 2.68. The van der Waals surface area contributed by atoms with E-state index in [1.807, 2.05) is 34.6 Å². The number of amides is 1. The molecule has 1 fully saturated rings. The summed E-state index contributed by atoms with van der Waals surface area (Å²) in [5.74, 6) is 0. The Hall–Kier alpha value is -0.593. The quantitative estimate of drug-likeness (QED) is 0.806. The molecule has 0 aromatic carbocycles. The lowest BCUT2D eigenvalue weighted by Crippen LogP contribution is -2.69. The molecular weight excluding hydrogens is 298 g/mol. The van der Waals surface area contributed by atoms with Gasteiger partial charge in [-0.15, -0.1) is 0 Å². The smallest absolute Gasteiger partial charge is 0.410 e. The summed E-state index contributed by atoms with van der Waals surface area (Å²) in [5.41, 5.74) is -1.43. The highest BCUT2D eigenvalue weighted by molar-refractivity contribution is 6.31. The fourth-order valence-electron chi connectivity index (χ4n) is 2.20. The molecule has 1 rings (SSSR count). The lowest BCUT2D eigenvalue weighted by atomic mass is 9.68. The fourth-order valence-corrected chi connectivity index (χ4v) is 2.98. The summed E-state index contributed by atoms with van der Waals surface area (Å²) in [4.78, 5) is 13.7. The van der Waals surface area contributed by atoms with Gasteiger partial charge >= 0.3 is 6.09 Å². The van der Waals surface area contributed by atoms with Gasteiger partial charge in [-0.1, -0.05) is 20.8 Å². The number of rotatable bonds is 4. The summed E-state index contributed by atoms with van der Waals surface area (Å²) < 4.78 is 11.5. The van der Waals surface area contributed by atoms with Crippen LogP contribution in [0.1, 0.15) is 55.4 Å². The van der Waals surface area contributed by atoms with Gasteiger partial charge in [0.05, 0.1) is 17.6 Å². The van der Waals surface area contributed by atoms with Gasteiger partial charge in [-0.3, -0.25) is 0 Å². The molecule has 0 atom stereocenters. The van der Waals surface area contributed by atoms with Crippen molar-refractivity contribution in [1.29, 1.82) is 0 Å². The van der Waals surface area contributed by atoms with E-state index in [1.165, 1.54) is 0 Å². The Kier molecular flexibility index (Phi) is 5.42. The first-order valence-corrected chi connectivity index (χ1v) is 8.66. The maximum absolute atomic E-state index is 12.1. The summed E-state index contributed by atoms with van der Waals surface area (Å²) >= 11 is 0. The summed E-state index contributed by atoms with van der Waals surface area (Å²) in [5, 5.41) is 9.96. The molecule has 0 aromatic heterocycles. The van der Waals surface area contributed by atoms with Crippen LogP contribution in [0.2, 0.25) is 5.04 Å². The number of carbonyl (C=O) groups is 1. The molecule has 0 spiro atoms. The predicted octanol–water partition coefficient (Wildman–Crippen LogP) is 2.85. The maximum Gasteiger partial charge on any atom is 0.410 e. The fraction of sp³-hybridized carbons (Fsp3) is 0.938. The zero-order valence-corrected chi connectivity index (χ0v) is 16.2. The van der Waals surface area contributed by atoms with Gasteiger partial charge in [0.2, 0.25) is 9.76 Å². The minimum absolute atomic E-state index is 0.00603. The maximum atomic E-state index is 12.1. The van der Waals surface area contributed by atoms with Gasteiger partial charge in [0.1, 0.15) is 5.60 Å². The van der Waals surface area contributed by atoms with Crippen LogP contribution < -0.4 is 0 Å². The highest BCUT2D eigenvalue weighted by Crippen LogP contribution is 2.43. The third-order valence-corrected chi connectivity index (χ3v) is 5.06. The van der Waals surface area contributed by atoms with Crippen LogP contribution in [-0.4, -0.2) is 56.8 Å². The van der Waals surface area contributed by atoms with E-state index < -0.39 is 16.6 Å². The molecule has 1 amide bonds. The zero-order valence-electron chi connectivity index (χ0n) is 15.2. The monoisotopic (exact) mass is 329 g/mol. The van der Waals surface area contributed by atoms with Crippen LogP contribution in [0.25, 0.3) is 0 Å². The average molecular weight is 330 g/mol. The highest BCUT2D eigenvalue weighted by atomic mass is 28.2. The van der Waals surface area contributed by atoms with Crippen LogP contribution in [0, 0.1) is 5.41 Å². The number of carbonyl (C=O) groups excluding carboxylic acids is 1. The Bertz CT molecular complexity index is 403. The standard InChI is InChI=1S/C16H31NO4Si/c1-13(2,3)20-12(19)17-9-16(10-17,11-18)15(7,8)21-22-14(4,5)6/h18H,9-11H2,1-8H3. The van der Waals surface area contributed by atoms with E-state index in [1.54, 1.807) is 4.90 Å². The Morgan fingerprint density at radius 2 is 1.64 bits per heavy atom. The lowest BCUT2D eigenvalue weighted by Gasteiger charge is -2.57. The molecule has 1 saturated heterocycles. The largest absolute Gasteiger partial charge is 0.444 e. The Morgan fingerprint density at radius 3 is 2.00 bits per heavy atom. The molecule has 128 valence electrons. The molecular formula is C16H31NO4Si. The number of hydrogen-bond acceptors (Lipinski definition) is 4. The van der Waals surface area contributed by atoms with Gasteiger partial charge in [0, 0.05) is 13.1 Å². The molecule has 0 bridgehead atoms. The van der Waals surface area contributed by atoms with E-state index in [0.29, 0.717) is 22.9 Å². The molecule has 22 heavy (non-hydrogen) atoms. The summed E-state index contributed by atoms with van der Waals surface area (Å²) in [6, 6.07) is 0. The Morgan fingerprint density at radius 1 is 1.14 bits per heavy atom. The minimum atomic E-state index is -0.506. The van der Waals surface area contributed by atoms with Crippen molar-refractivity contribution in [3.63, 3.8) is 0 Å². The summed E-state index contributed by atoms with van der Waals surface area (Å²) in [6.07, 6.45) is -0.328. The second-order valence-corrected chi connectivity index (χ2v) is 10.6. The molecule has 0 aromatic rings. The van der Waals surface area contributed by atoms with Gasteiger partial charge in [0.25, 0.3) is 0 Å². The third-order valence-electron chi connectivity index (χ3n) is 3.83. The number of likely N-dealkylation sites (tertiary alicyclic amines) is 1. The molecule has 1 N–H and O–H groups in total. The molecule has 6 heteroatoms. The molecule has 1 aliphatic heterocycles. The SMILES string of the molecule is CC(C)(C)OC(=O)N1CC(CO)(C(C)(C)O[Si]C(C)(C)C)C1. The van der Waals surface area contributed by atoms with E-state index in [9.17, 15) is 9.90 Å². The van der Waals surface area contributed by atoms with E-state index in [0.717, 1.165) is 0 Å². The molecule has 0 saturated carbocycles. The molecule has 2 radical (unpaired) electrons. The van der Waals surface area contributed by atoms with Crippen LogP contribution in [0.5, 0.6) is 0 Å². The van der Waals surface area contributed by atoms with Crippen molar-refractivity contribution in [3.8, 4) is 0 Å². The number of nitrogens with zero attached hydrogens (tertiary/aromatic N) is 1. The first-order valence-electron chi connectivity index (χ1n) is 7.75. The Labute approximate surface area is 137 Å². The number of ether oxygens (including phenoxy) is 1. The van der Waals surface area contributed by atoms with Crippen LogP contribution >= 0.6 is 0 Å². The summed E-state index contributed by atoms with van der Waals surface area (Å²) in [7, 11) is 0.339. The van der Waals surface area contributed by atoms with E-state index in [2.05, 4.69) is 20.8 Å². The van der Waals surface area contributed by atoms with Crippen LogP contribution in [0.15, 0.2) is 0 Å². The van der Waals surface area contributed by atoms with E-state index in [4.69, 9.17) is 9.16 Å². The van der Waals surface area contributed by atoms with Crippen molar-refractivity contribution >= 4 is 15.9 Å². The van der Waals surface area contributed by atoms with Crippen molar-refractivity contribution in [2.45, 2.75) is 71.6 Å². The van der Waals surface area contributed by atoms with Gasteiger partial charge in [-0.25, -0.2) is 4.79 Å². The minimum Gasteiger partial charge on any atom is -0.444 e. The molecule has 5 nitrogen and oxygen atoms in total. The highest BCUT2D eigenvalue weighted by Gasteiger charge is 2.56. The first kappa shape index (κ1) is 19.5. The normalized spacial score (nSPS) is 18.9. The van der Waals surface area contributed by atoms with Gasteiger partial charge < -0.3 is 19.2 Å². The van der Waals surface area contributed by atoms with Gasteiger partial charge in [-0.05, 0) is 39.7 Å². The van der Waals surface area contributed by atoms with Crippen molar-refractivity contribution in [1.82, 2.24) is 4.90 Å². The lowest BCUT2D eigenvalue weighted by molar-refractivity contribution is -0.148. The number of aliphatic hydroxyl groups is 1. The topological polar surface area (TPSA) is 59.0 Å². The average Bonchev–Trinajstić information content (AvgIpc) is 2.22. The molecule has 1 aliphatic rings. The van der Waals surface area contributed by atoms with Crippen molar-refractivity contribution in [3.05, 3.63) is 0 Å². The van der Waals surface area contributed by atoms with Gasteiger partial charge in [0.15, 0.2) is 0 Å². The second kappa shape index (κ2) is 6.13. The number of aliphatic hydroxyl groups excluding tert-OH is 1. The van der Waals surface area contributed by atoms with E-state index >= 15 is 0 Å². The van der Waals surface area contributed by atoms with E-state index in [-0.39, 0.29) is 17.7 Å². The van der Waals surface area contributed by atoms with Crippen LogP contribution in [0.3, 0.4) is 0 Å². The van der Waals surface area contributed by atoms with Crippen molar-refractivity contribution in [2.75, 3.05) is 19.7 Å². The van der Waals surface area contributed by atoms with Crippen molar-refractivity contribution < 1.29 is 19.1 Å². The molecule has 1 heterocycles.